The molecule has 0 aliphatic rings. The van der Waals surface area contributed by atoms with Crippen LogP contribution >= 0.6 is 35.0 Å². The van der Waals surface area contributed by atoms with Crippen molar-refractivity contribution in [1.29, 1.82) is 0 Å². The Morgan fingerprint density at radius 2 is 1.94 bits per heavy atom. The Morgan fingerprint density at radius 3 is 2.62 bits per heavy atom. The molecule has 0 unspecified atom stereocenters. The molecule has 0 amide bonds. The molecule has 0 radical (unpaired) electrons. The molecule has 0 bridgehead atoms. The number of halogens is 2. The van der Waals surface area contributed by atoms with Crippen LogP contribution in [0.1, 0.15) is 0 Å². The SMILES string of the molecule is Nc1cc(Cl)c(Cl)cc1Sc1ccncn1. The summed E-state index contributed by atoms with van der Waals surface area (Å²) >= 11 is 13.2. The fourth-order valence-electron chi connectivity index (χ4n) is 1.08. The van der Waals surface area contributed by atoms with Crippen LogP contribution in [0.3, 0.4) is 0 Å². The zero-order valence-corrected chi connectivity index (χ0v) is 10.4. The van der Waals surface area contributed by atoms with Gasteiger partial charge in [0, 0.05) is 16.8 Å². The molecule has 82 valence electrons. The Bertz CT molecular complexity index is 505. The van der Waals surface area contributed by atoms with E-state index in [2.05, 4.69) is 9.97 Å². The Morgan fingerprint density at radius 1 is 1.19 bits per heavy atom. The first-order valence-electron chi connectivity index (χ1n) is 4.35. The zero-order chi connectivity index (χ0) is 11.5. The second-order valence-corrected chi connectivity index (χ2v) is 4.83. The van der Waals surface area contributed by atoms with Crippen LogP contribution in [0.4, 0.5) is 5.69 Å². The van der Waals surface area contributed by atoms with Crippen molar-refractivity contribution in [2.45, 2.75) is 9.92 Å². The monoisotopic (exact) mass is 271 g/mol. The second kappa shape index (κ2) is 4.91. The van der Waals surface area contributed by atoms with Gasteiger partial charge in [0.1, 0.15) is 11.4 Å². The van der Waals surface area contributed by atoms with Crippen molar-refractivity contribution in [3.63, 3.8) is 0 Å². The summed E-state index contributed by atoms with van der Waals surface area (Å²) in [4.78, 5) is 8.75. The number of benzene rings is 1. The molecule has 0 saturated heterocycles. The molecule has 0 fully saturated rings. The van der Waals surface area contributed by atoms with Crippen molar-refractivity contribution in [2.24, 2.45) is 0 Å². The van der Waals surface area contributed by atoms with Crippen LogP contribution in [-0.4, -0.2) is 9.97 Å². The third kappa shape index (κ3) is 2.58. The number of nitrogens with two attached hydrogens (primary N) is 1. The van der Waals surface area contributed by atoms with E-state index in [0.717, 1.165) is 9.92 Å². The zero-order valence-electron chi connectivity index (χ0n) is 8.02. The van der Waals surface area contributed by atoms with Crippen molar-refractivity contribution < 1.29 is 0 Å². The highest BCUT2D eigenvalue weighted by molar-refractivity contribution is 7.99. The first-order valence-corrected chi connectivity index (χ1v) is 5.92. The van der Waals surface area contributed by atoms with Crippen LogP contribution in [0.5, 0.6) is 0 Å². The number of hydrogen-bond donors (Lipinski definition) is 1. The third-order valence-electron chi connectivity index (χ3n) is 1.82. The predicted octanol–water partition coefficient (Wildman–Crippen LogP) is 3.52. The van der Waals surface area contributed by atoms with Gasteiger partial charge in [-0.15, -0.1) is 0 Å². The second-order valence-electron chi connectivity index (χ2n) is 2.95. The van der Waals surface area contributed by atoms with E-state index in [1.165, 1.54) is 18.1 Å². The van der Waals surface area contributed by atoms with E-state index in [1.807, 2.05) is 0 Å². The molecule has 0 spiro atoms. The molecule has 0 aliphatic heterocycles. The number of rotatable bonds is 2. The third-order valence-corrected chi connectivity index (χ3v) is 3.57. The van der Waals surface area contributed by atoms with Crippen LogP contribution in [-0.2, 0) is 0 Å². The largest absolute Gasteiger partial charge is 0.398 e. The van der Waals surface area contributed by atoms with Crippen LogP contribution in [0.2, 0.25) is 10.0 Å². The first kappa shape index (κ1) is 11.5. The molecule has 6 heteroatoms. The summed E-state index contributed by atoms with van der Waals surface area (Å²) in [5.74, 6) is 0. The molecule has 1 heterocycles. The normalized spacial score (nSPS) is 10.4. The van der Waals surface area contributed by atoms with E-state index in [1.54, 1.807) is 24.4 Å². The lowest BCUT2D eigenvalue weighted by Crippen LogP contribution is -1.89. The van der Waals surface area contributed by atoms with E-state index in [4.69, 9.17) is 28.9 Å². The lowest BCUT2D eigenvalue weighted by Gasteiger charge is -2.06. The van der Waals surface area contributed by atoms with Crippen molar-refractivity contribution in [2.75, 3.05) is 5.73 Å². The van der Waals surface area contributed by atoms with Gasteiger partial charge in [-0.2, -0.15) is 0 Å². The Balaban J connectivity index is 2.32. The van der Waals surface area contributed by atoms with Gasteiger partial charge in [-0.05, 0) is 18.2 Å². The topological polar surface area (TPSA) is 51.8 Å². The van der Waals surface area contributed by atoms with Gasteiger partial charge in [0.05, 0.1) is 10.0 Å². The predicted molar refractivity (Wildman–Crippen MR) is 67.0 cm³/mol. The number of hydrogen-bond acceptors (Lipinski definition) is 4. The van der Waals surface area contributed by atoms with E-state index in [0.29, 0.717) is 15.7 Å². The van der Waals surface area contributed by atoms with Crippen LogP contribution in [0.15, 0.2) is 40.6 Å². The molecule has 0 atom stereocenters. The van der Waals surface area contributed by atoms with E-state index >= 15 is 0 Å². The molecule has 1 aromatic heterocycles. The molecule has 0 saturated carbocycles. The molecule has 2 N–H and O–H groups in total. The van der Waals surface area contributed by atoms with E-state index < -0.39 is 0 Å². The standard InChI is InChI=1S/C10H7Cl2N3S/c11-6-3-8(13)9(4-7(6)12)16-10-1-2-14-5-15-10/h1-5H,13H2. The minimum atomic E-state index is 0.450. The molecule has 2 rings (SSSR count). The number of nitrogen functional groups attached to an aromatic ring is 1. The maximum absolute atomic E-state index is 5.92. The lowest BCUT2D eigenvalue weighted by molar-refractivity contribution is 1.05. The minimum absolute atomic E-state index is 0.450. The summed E-state index contributed by atoms with van der Waals surface area (Å²) in [6, 6.07) is 5.16. The maximum atomic E-state index is 5.92. The van der Waals surface area contributed by atoms with Crippen molar-refractivity contribution in [3.05, 3.63) is 40.8 Å². The number of anilines is 1. The Labute approximate surface area is 107 Å². The molecular formula is C10H7Cl2N3S. The van der Waals surface area contributed by atoms with Gasteiger partial charge in [0.15, 0.2) is 0 Å². The van der Waals surface area contributed by atoms with Crippen LogP contribution in [0.25, 0.3) is 0 Å². The highest BCUT2D eigenvalue weighted by atomic mass is 35.5. The quantitative estimate of drug-likeness (QED) is 0.671. The van der Waals surface area contributed by atoms with E-state index in [-0.39, 0.29) is 0 Å². The van der Waals surface area contributed by atoms with Gasteiger partial charge >= 0.3 is 0 Å². The van der Waals surface area contributed by atoms with Gasteiger partial charge in [-0.1, -0.05) is 35.0 Å². The smallest absolute Gasteiger partial charge is 0.116 e. The highest BCUT2D eigenvalue weighted by Crippen LogP contribution is 2.36. The molecule has 16 heavy (non-hydrogen) atoms. The molecule has 3 nitrogen and oxygen atoms in total. The van der Waals surface area contributed by atoms with Crippen molar-refractivity contribution >= 4 is 40.7 Å². The minimum Gasteiger partial charge on any atom is -0.398 e. The summed E-state index contributed by atoms with van der Waals surface area (Å²) in [5.41, 5.74) is 6.41. The number of nitrogens with zero attached hydrogens (tertiary/aromatic N) is 2. The van der Waals surface area contributed by atoms with Gasteiger partial charge in [-0.25, -0.2) is 9.97 Å². The van der Waals surface area contributed by atoms with Gasteiger partial charge in [-0.3, -0.25) is 0 Å². The van der Waals surface area contributed by atoms with Crippen LogP contribution < -0.4 is 5.73 Å². The first-order chi connectivity index (χ1) is 7.66. The Hall–Kier alpha value is -0.970. The average Bonchev–Trinajstić information content (AvgIpc) is 2.27. The molecule has 2 aromatic rings. The summed E-state index contributed by atoms with van der Waals surface area (Å²) in [7, 11) is 0. The van der Waals surface area contributed by atoms with Gasteiger partial charge < -0.3 is 5.73 Å². The van der Waals surface area contributed by atoms with Crippen molar-refractivity contribution in [3.8, 4) is 0 Å². The average molecular weight is 272 g/mol. The van der Waals surface area contributed by atoms with Crippen LogP contribution in [0, 0.1) is 0 Å². The highest BCUT2D eigenvalue weighted by Gasteiger charge is 2.07. The summed E-state index contributed by atoms with van der Waals surface area (Å²) in [6.07, 6.45) is 3.15. The van der Waals surface area contributed by atoms with E-state index in [9.17, 15) is 0 Å². The lowest BCUT2D eigenvalue weighted by atomic mass is 10.3. The summed E-state index contributed by atoms with van der Waals surface area (Å²) in [5, 5.41) is 1.73. The summed E-state index contributed by atoms with van der Waals surface area (Å²) in [6.45, 7) is 0. The molecular weight excluding hydrogens is 265 g/mol. The maximum Gasteiger partial charge on any atom is 0.116 e. The summed E-state index contributed by atoms with van der Waals surface area (Å²) < 4.78 is 0. The van der Waals surface area contributed by atoms with Crippen molar-refractivity contribution in [1.82, 2.24) is 9.97 Å². The fraction of sp³-hybridized carbons (Fsp3) is 0. The molecule has 0 aliphatic carbocycles. The molecule has 1 aromatic carbocycles. The fourth-order valence-corrected chi connectivity index (χ4v) is 2.29. The van der Waals surface area contributed by atoms with Gasteiger partial charge in [0.2, 0.25) is 0 Å². The number of aromatic nitrogens is 2. The Kier molecular flexibility index (Phi) is 3.53. The van der Waals surface area contributed by atoms with Gasteiger partial charge in [0.25, 0.3) is 0 Å².